The van der Waals surface area contributed by atoms with E-state index >= 15 is 0 Å². The number of aromatic amines is 1. The van der Waals surface area contributed by atoms with E-state index in [1.807, 2.05) is 48.7 Å². The molecule has 0 radical (unpaired) electrons. The molecule has 2 N–H and O–H groups in total. The van der Waals surface area contributed by atoms with E-state index in [4.69, 9.17) is 0 Å². The number of piperazine rings is 1. The zero-order valence-corrected chi connectivity index (χ0v) is 16.9. The van der Waals surface area contributed by atoms with Gasteiger partial charge in [0.25, 0.3) is 0 Å². The van der Waals surface area contributed by atoms with Crippen LogP contribution in [0, 0.1) is 0 Å². The smallest absolute Gasteiger partial charge is 0.226 e. The normalized spacial score (nSPS) is 15.9. The lowest BCUT2D eigenvalue weighted by Gasteiger charge is -2.37. The second-order valence-electron chi connectivity index (χ2n) is 7.94. The second-order valence-corrected chi connectivity index (χ2v) is 7.94. The fourth-order valence-electron chi connectivity index (χ4n) is 4.63. The monoisotopic (exact) mass is 396 g/mol. The summed E-state index contributed by atoms with van der Waals surface area (Å²) in [6.45, 7) is 3.76. The van der Waals surface area contributed by atoms with Crippen LogP contribution in [-0.4, -0.2) is 36.9 Å². The third-order valence-corrected chi connectivity index (χ3v) is 6.19. The summed E-state index contributed by atoms with van der Waals surface area (Å²) < 4.78 is 0. The van der Waals surface area contributed by atoms with E-state index in [2.05, 4.69) is 52.3 Å². The van der Waals surface area contributed by atoms with Gasteiger partial charge in [0.15, 0.2) is 6.04 Å². The molecular formula is C26H26N3O+. The molecule has 0 unspecified atom stereocenters. The average molecular weight is 397 g/mol. The van der Waals surface area contributed by atoms with Crippen LogP contribution in [-0.2, 0) is 0 Å². The highest BCUT2D eigenvalue weighted by atomic mass is 16.1. The van der Waals surface area contributed by atoms with E-state index in [9.17, 15) is 4.79 Å². The van der Waals surface area contributed by atoms with Crippen LogP contribution in [0.4, 0.5) is 5.69 Å². The SMILES string of the molecule is O=C(c1c[nH]c2ccccc12)[C@H](c1ccccc1)[NH+]1CCN(c2ccccc2)CC1. The first-order valence-corrected chi connectivity index (χ1v) is 10.6. The number of nitrogens with zero attached hydrogens (tertiary/aromatic N) is 1. The predicted octanol–water partition coefficient (Wildman–Crippen LogP) is 3.50. The Morgan fingerprint density at radius 3 is 2.20 bits per heavy atom. The number of quaternary nitrogens is 1. The third kappa shape index (κ3) is 3.51. The molecule has 0 aliphatic carbocycles. The van der Waals surface area contributed by atoms with Gasteiger partial charge in [-0.2, -0.15) is 0 Å². The van der Waals surface area contributed by atoms with Gasteiger partial charge in [-0.25, -0.2) is 0 Å². The molecule has 1 aromatic heterocycles. The fourth-order valence-corrected chi connectivity index (χ4v) is 4.63. The number of carbonyl (C=O) groups excluding carboxylic acids is 1. The number of ketones is 1. The maximum absolute atomic E-state index is 13.8. The standard InChI is InChI=1S/C26H25N3O/c30-26(23-19-27-24-14-8-7-13-22(23)24)25(20-9-3-1-4-10-20)29-17-15-28(16-18-29)21-11-5-2-6-12-21/h1-14,19,25,27H,15-18H2/p+1/t25-/m0/s1. The number of anilines is 1. The van der Waals surface area contributed by atoms with Crippen LogP contribution < -0.4 is 9.80 Å². The molecule has 1 saturated heterocycles. The van der Waals surface area contributed by atoms with E-state index in [1.54, 1.807) is 0 Å². The van der Waals surface area contributed by atoms with E-state index < -0.39 is 0 Å². The molecule has 0 spiro atoms. The van der Waals surface area contributed by atoms with Crippen molar-refractivity contribution in [2.45, 2.75) is 6.04 Å². The van der Waals surface area contributed by atoms with Crippen LogP contribution in [0.15, 0.2) is 91.1 Å². The van der Waals surface area contributed by atoms with Crippen molar-refractivity contribution in [1.29, 1.82) is 0 Å². The molecule has 1 aliphatic heterocycles. The number of fused-ring (bicyclic) bond motifs is 1. The Morgan fingerprint density at radius 1 is 0.833 bits per heavy atom. The van der Waals surface area contributed by atoms with Crippen LogP contribution in [0.5, 0.6) is 0 Å². The Morgan fingerprint density at radius 2 is 1.47 bits per heavy atom. The molecule has 1 fully saturated rings. The molecule has 4 nitrogen and oxygen atoms in total. The maximum Gasteiger partial charge on any atom is 0.226 e. The number of carbonyl (C=O) groups is 1. The van der Waals surface area contributed by atoms with Gasteiger partial charge in [-0.3, -0.25) is 4.79 Å². The van der Waals surface area contributed by atoms with Crippen molar-refractivity contribution in [1.82, 2.24) is 4.98 Å². The van der Waals surface area contributed by atoms with Crippen molar-refractivity contribution in [3.05, 3.63) is 102 Å². The van der Waals surface area contributed by atoms with Gasteiger partial charge in [0.05, 0.1) is 26.2 Å². The average Bonchev–Trinajstić information content (AvgIpc) is 3.25. The molecule has 150 valence electrons. The topological polar surface area (TPSA) is 40.5 Å². The summed E-state index contributed by atoms with van der Waals surface area (Å²) in [5.41, 5.74) is 4.15. The quantitative estimate of drug-likeness (QED) is 0.507. The van der Waals surface area contributed by atoms with Crippen molar-refractivity contribution < 1.29 is 9.69 Å². The summed E-state index contributed by atoms with van der Waals surface area (Å²) in [6.07, 6.45) is 1.88. The zero-order valence-electron chi connectivity index (χ0n) is 16.9. The van der Waals surface area contributed by atoms with Crippen LogP contribution in [0.3, 0.4) is 0 Å². The Balaban J connectivity index is 1.44. The zero-order chi connectivity index (χ0) is 20.3. The van der Waals surface area contributed by atoms with Gasteiger partial charge in [-0.1, -0.05) is 66.7 Å². The molecule has 5 rings (SSSR count). The Bertz CT molecular complexity index is 1130. The lowest BCUT2D eigenvalue weighted by Crippen LogP contribution is -3.15. The summed E-state index contributed by atoms with van der Waals surface area (Å²) in [5, 5.41) is 1.01. The number of hydrogen-bond donors (Lipinski definition) is 2. The van der Waals surface area contributed by atoms with Gasteiger partial charge in [-0.15, -0.1) is 0 Å². The highest BCUT2D eigenvalue weighted by Crippen LogP contribution is 2.24. The summed E-state index contributed by atoms with van der Waals surface area (Å²) in [4.78, 5) is 20.8. The maximum atomic E-state index is 13.8. The molecule has 0 saturated carbocycles. The number of nitrogens with one attached hydrogen (secondary N) is 2. The first-order chi connectivity index (χ1) is 14.8. The number of hydrogen-bond acceptors (Lipinski definition) is 2. The van der Waals surface area contributed by atoms with Crippen LogP contribution in [0.25, 0.3) is 10.9 Å². The number of Topliss-reactive ketones (excluding diaryl/α,β-unsaturated/α-hetero) is 1. The minimum absolute atomic E-state index is 0.191. The number of aromatic nitrogens is 1. The third-order valence-electron chi connectivity index (χ3n) is 6.19. The van der Waals surface area contributed by atoms with Crippen molar-refractivity contribution in [2.24, 2.45) is 0 Å². The van der Waals surface area contributed by atoms with Gasteiger partial charge < -0.3 is 14.8 Å². The predicted molar refractivity (Wildman–Crippen MR) is 121 cm³/mol. The van der Waals surface area contributed by atoms with Crippen LogP contribution in [0.2, 0.25) is 0 Å². The summed E-state index contributed by atoms with van der Waals surface area (Å²) >= 11 is 0. The first-order valence-electron chi connectivity index (χ1n) is 10.6. The Labute approximate surface area is 176 Å². The molecule has 4 heteroatoms. The van der Waals surface area contributed by atoms with Crippen LogP contribution in [0.1, 0.15) is 22.0 Å². The number of benzene rings is 3. The van der Waals surface area contributed by atoms with Crippen LogP contribution >= 0.6 is 0 Å². The lowest BCUT2D eigenvalue weighted by molar-refractivity contribution is -0.921. The molecule has 1 atom stereocenters. The summed E-state index contributed by atoms with van der Waals surface area (Å²) in [7, 11) is 0. The van der Waals surface area contributed by atoms with Gasteiger partial charge in [0.1, 0.15) is 0 Å². The largest absolute Gasteiger partial charge is 0.360 e. The summed E-state index contributed by atoms with van der Waals surface area (Å²) in [5.74, 6) is 0.196. The number of para-hydroxylation sites is 2. The minimum Gasteiger partial charge on any atom is -0.360 e. The lowest BCUT2D eigenvalue weighted by atomic mass is 9.95. The molecule has 3 aromatic carbocycles. The molecule has 30 heavy (non-hydrogen) atoms. The fraction of sp³-hybridized carbons (Fsp3) is 0.192. The first kappa shape index (κ1) is 18.6. The number of rotatable bonds is 5. The summed E-state index contributed by atoms with van der Waals surface area (Å²) in [6, 6.07) is 28.7. The van der Waals surface area contributed by atoms with Gasteiger partial charge in [0, 0.05) is 33.9 Å². The molecule has 1 aliphatic rings. The molecule has 0 bridgehead atoms. The van der Waals surface area contributed by atoms with Crippen molar-refractivity contribution in [3.63, 3.8) is 0 Å². The van der Waals surface area contributed by atoms with E-state index in [1.165, 1.54) is 10.6 Å². The van der Waals surface area contributed by atoms with Crippen molar-refractivity contribution >= 4 is 22.4 Å². The highest BCUT2D eigenvalue weighted by Gasteiger charge is 2.35. The molecular weight excluding hydrogens is 370 g/mol. The van der Waals surface area contributed by atoms with Gasteiger partial charge in [-0.05, 0) is 18.2 Å². The van der Waals surface area contributed by atoms with Gasteiger partial charge in [0.2, 0.25) is 5.78 Å². The molecule has 2 heterocycles. The van der Waals surface area contributed by atoms with Gasteiger partial charge >= 0.3 is 0 Å². The number of H-pyrrole nitrogens is 1. The highest BCUT2D eigenvalue weighted by molar-refractivity contribution is 6.10. The Kier molecular flexibility index (Phi) is 5.08. The second kappa shape index (κ2) is 8.17. The van der Waals surface area contributed by atoms with E-state index in [-0.39, 0.29) is 11.8 Å². The van der Waals surface area contributed by atoms with Crippen molar-refractivity contribution in [2.75, 3.05) is 31.1 Å². The van der Waals surface area contributed by atoms with E-state index in [0.717, 1.165) is 48.2 Å². The van der Waals surface area contributed by atoms with Crippen molar-refractivity contribution in [3.8, 4) is 0 Å². The Hall–Kier alpha value is -3.37. The molecule has 0 amide bonds. The minimum atomic E-state index is -0.191. The van der Waals surface area contributed by atoms with E-state index in [0.29, 0.717) is 0 Å². The molecule has 4 aromatic rings.